The van der Waals surface area contributed by atoms with Gasteiger partial charge in [-0.05, 0) is 44.9 Å². The molecule has 6 unspecified atom stereocenters. The fourth-order valence-corrected chi connectivity index (χ4v) is 7.91. The van der Waals surface area contributed by atoms with Gasteiger partial charge in [-0.3, -0.25) is 4.79 Å². The van der Waals surface area contributed by atoms with E-state index in [1.54, 1.807) is 0 Å². The summed E-state index contributed by atoms with van der Waals surface area (Å²) in [5.74, 6) is -0.335. The second kappa shape index (κ2) is 46.0. The molecule has 0 aliphatic carbocycles. The van der Waals surface area contributed by atoms with Crippen LogP contribution in [0.1, 0.15) is 219 Å². The molecule has 9 heteroatoms. The molecule has 1 heterocycles. The molecule has 1 rings (SSSR count). The van der Waals surface area contributed by atoms with Crippen molar-refractivity contribution in [1.82, 2.24) is 0 Å². The minimum atomic E-state index is -1.55. The molecule has 0 bridgehead atoms. The van der Waals surface area contributed by atoms with Crippen molar-refractivity contribution in [2.75, 3.05) is 26.4 Å². The second-order valence-corrected chi connectivity index (χ2v) is 17.9. The molecule has 1 aliphatic heterocycles. The van der Waals surface area contributed by atoms with E-state index in [0.29, 0.717) is 19.4 Å². The average Bonchev–Trinajstić information content (AvgIpc) is 3.30. The van der Waals surface area contributed by atoms with Crippen molar-refractivity contribution in [3.05, 3.63) is 60.8 Å². The maximum atomic E-state index is 12.8. The van der Waals surface area contributed by atoms with Gasteiger partial charge >= 0.3 is 5.97 Å². The zero-order chi connectivity index (χ0) is 46.4. The van der Waals surface area contributed by atoms with Gasteiger partial charge in [-0.2, -0.15) is 0 Å². The molecule has 1 aliphatic rings. The Morgan fingerprint density at radius 3 is 1.34 bits per heavy atom. The molecular weight excluding hydrogens is 805 g/mol. The molecule has 0 amide bonds. The number of aliphatic hydroxyl groups excluding tert-OH is 4. The number of ether oxygens (including phenoxy) is 4. The third-order valence-electron chi connectivity index (χ3n) is 12.0. The average molecular weight is 903 g/mol. The van der Waals surface area contributed by atoms with E-state index in [0.717, 1.165) is 51.4 Å². The predicted molar refractivity (Wildman–Crippen MR) is 265 cm³/mol. The van der Waals surface area contributed by atoms with Gasteiger partial charge in [0.05, 0.1) is 26.4 Å². The molecule has 0 saturated carbocycles. The van der Waals surface area contributed by atoms with Gasteiger partial charge in [0, 0.05) is 6.42 Å². The SMILES string of the molecule is CC/C=C\C/C=C\C/C=C\C/C=C\C/C=C\CCOCC(COC1OC(CO)C(O)C(O)C1O)OC(=O)CCCCCCCCCCCCCCCCCCCCCCCCCCC. The number of unbranched alkanes of at least 4 members (excludes halogenated alkanes) is 24. The smallest absolute Gasteiger partial charge is 0.306 e. The van der Waals surface area contributed by atoms with Crippen LogP contribution in [0.15, 0.2) is 60.8 Å². The van der Waals surface area contributed by atoms with Gasteiger partial charge in [0.2, 0.25) is 0 Å². The van der Waals surface area contributed by atoms with Crippen LogP contribution < -0.4 is 0 Å². The van der Waals surface area contributed by atoms with Crippen LogP contribution in [-0.4, -0.2) is 89.6 Å². The first kappa shape index (κ1) is 59.9. The van der Waals surface area contributed by atoms with E-state index < -0.39 is 43.4 Å². The maximum absolute atomic E-state index is 12.8. The molecule has 0 spiro atoms. The fourth-order valence-electron chi connectivity index (χ4n) is 7.91. The number of allylic oxidation sites excluding steroid dienone is 9. The molecule has 0 aromatic heterocycles. The standard InChI is InChI=1S/C55H98O9/c1-3-5-7-9-11-13-15-17-19-21-22-23-24-25-26-27-28-29-30-32-34-36-38-40-42-44-51(57)63-49(48-62-55-54(60)53(59)52(58)50(46-56)64-55)47-61-45-43-41-39-37-35-33-31-20-18-16-14-12-10-8-6-4-2/h6,8,12,14,18,20,33,35,39,41,49-50,52-56,58-60H,3-5,7,9-11,13,15-17,19,21-32,34,36-38,40,42-48H2,1-2H3/b8-6-,14-12-,20-18-,35-33-,41-39-. The Labute approximate surface area is 392 Å². The number of hydrogen-bond acceptors (Lipinski definition) is 9. The Morgan fingerprint density at radius 1 is 0.516 bits per heavy atom. The lowest BCUT2D eigenvalue weighted by Gasteiger charge is -2.39. The molecule has 372 valence electrons. The topological polar surface area (TPSA) is 135 Å². The molecule has 6 atom stereocenters. The molecule has 1 fully saturated rings. The summed E-state index contributed by atoms with van der Waals surface area (Å²) < 4.78 is 22.8. The van der Waals surface area contributed by atoms with Gasteiger partial charge in [-0.25, -0.2) is 0 Å². The van der Waals surface area contributed by atoms with Gasteiger partial charge in [0.1, 0.15) is 30.5 Å². The molecule has 4 N–H and O–H groups in total. The summed E-state index contributed by atoms with van der Waals surface area (Å²) in [6.07, 6.45) is 52.9. The monoisotopic (exact) mass is 903 g/mol. The molecule has 0 radical (unpaired) electrons. The molecule has 64 heavy (non-hydrogen) atoms. The summed E-state index contributed by atoms with van der Waals surface area (Å²) in [6.45, 7) is 4.25. The van der Waals surface area contributed by atoms with Crippen LogP contribution in [0, 0.1) is 0 Å². The summed E-state index contributed by atoms with van der Waals surface area (Å²) in [5.41, 5.74) is 0. The largest absolute Gasteiger partial charge is 0.457 e. The van der Waals surface area contributed by atoms with Crippen LogP contribution >= 0.6 is 0 Å². The highest BCUT2D eigenvalue weighted by Gasteiger charge is 2.44. The van der Waals surface area contributed by atoms with Gasteiger partial charge in [0.15, 0.2) is 6.29 Å². The molecular formula is C55H98O9. The maximum Gasteiger partial charge on any atom is 0.306 e. The van der Waals surface area contributed by atoms with Crippen molar-refractivity contribution in [3.63, 3.8) is 0 Å². The number of rotatable bonds is 45. The Balaban J connectivity index is 2.19. The zero-order valence-corrected chi connectivity index (χ0v) is 41.0. The van der Waals surface area contributed by atoms with E-state index in [9.17, 15) is 25.2 Å². The van der Waals surface area contributed by atoms with Gasteiger partial charge < -0.3 is 39.4 Å². The lowest BCUT2D eigenvalue weighted by Crippen LogP contribution is -2.59. The highest BCUT2D eigenvalue weighted by atomic mass is 16.7. The van der Waals surface area contributed by atoms with Crippen LogP contribution in [0.5, 0.6) is 0 Å². The molecule has 9 nitrogen and oxygen atoms in total. The van der Waals surface area contributed by atoms with Crippen LogP contribution in [0.4, 0.5) is 0 Å². The minimum absolute atomic E-state index is 0.0906. The summed E-state index contributed by atoms with van der Waals surface area (Å²) in [5, 5.41) is 40.2. The molecule has 0 aromatic carbocycles. The van der Waals surface area contributed by atoms with Gasteiger partial charge in [-0.15, -0.1) is 0 Å². The Hall–Kier alpha value is -2.11. The van der Waals surface area contributed by atoms with Crippen molar-refractivity contribution in [2.45, 2.75) is 256 Å². The Bertz CT molecular complexity index is 1160. The van der Waals surface area contributed by atoms with Crippen LogP contribution in [-0.2, 0) is 23.7 Å². The third kappa shape index (κ3) is 36.1. The molecule has 0 aromatic rings. The fraction of sp³-hybridized carbons (Fsp3) is 0.800. The summed E-state index contributed by atoms with van der Waals surface area (Å²) >= 11 is 0. The number of esters is 1. The quantitative estimate of drug-likeness (QED) is 0.0268. The predicted octanol–water partition coefficient (Wildman–Crippen LogP) is 13.0. The van der Waals surface area contributed by atoms with E-state index in [4.69, 9.17) is 18.9 Å². The van der Waals surface area contributed by atoms with E-state index in [2.05, 4.69) is 74.6 Å². The number of carbonyl (C=O) groups is 1. The van der Waals surface area contributed by atoms with Gasteiger partial charge in [0.25, 0.3) is 0 Å². The normalized spacial score (nSPS) is 20.0. The van der Waals surface area contributed by atoms with E-state index in [-0.39, 0.29) is 19.2 Å². The first-order chi connectivity index (χ1) is 31.4. The van der Waals surface area contributed by atoms with Crippen molar-refractivity contribution < 1.29 is 44.2 Å². The highest BCUT2D eigenvalue weighted by Crippen LogP contribution is 2.23. The second-order valence-electron chi connectivity index (χ2n) is 17.9. The van der Waals surface area contributed by atoms with Crippen LogP contribution in [0.2, 0.25) is 0 Å². The molecule has 1 saturated heterocycles. The van der Waals surface area contributed by atoms with Crippen molar-refractivity contribution in [3.8, 4) is 0 Å². The summed E-state index contributed by atoms with van der Waals surface area (Å²) in [7, 11) is 0. The van der Waals surface area contributed by atoms with Crippen LogP contribution in [0.3, 0.4) is 0 Å². The Morgan fingerprint density at radius 2 is 0.922 bits per heavy atom. The third-order valence-corrected chi connectivity index (χ3v) is 12.0. The van der Waals surface area contributed by atoms with Crippen LogP contribution in [0.25, 0.3) is 0 Å². The van der Waals surface area contributed by atoms with E-state index >= 15 is 0 Å². The minimum Gasteiger partial charge on any atom is -0.457 e. The lowest BCUT2D eigenvalue weighted by molar-refractivity contribution is -0.305. The van der Waals surface area contributed by atoms with E-state index in [1.165, 1.54) is 141 Å². The lowest BCUT2D eigenvalue weighted by atomic mass is 9.99. The first-order valence-electron chi connectivity index (χ1n) is 26.4. The van der Waals surface area contributed by atoms with Crippen molar-refractivity contribution in [1.29, 1.82) is 0 Å². The highest BCUT2D eigenvalue weighted by molar-refractivity contribution is 5.69. The Kier molecular flexibility index (Phi) is 43.1. The number of aliphatic hydroxyl groups is 4. The summed E-state index contributed by atoms with van der Waals surface area (Å²) in [4.78, 5) is 12.8. The van der Waals surface area contributed by atoms with Gasteiger partial charge in [-0.1, -0.05) is 229 Å². The number of carbonyl (C=O) groups excluding carboxylic acids is 1. The van der Waals surface area contributed by atoms with Crippen molar-refractivity contribution in [2.24, 2.45) is 0 Å². The zero-order valence-electron chi connectivity index (χ0n) is 41.0. The first-order valence-corrected chi connectivity index (χ1v) is 26.4. The number of hydrogen-bond donors (Lipinski definition) is 4. The summed E-state index contributed by atoms with van der Waals surface area (Å²) in [6, 6.07) is 0. The van der Waals surface area contributed by atoms with Crippen molar-refractivity contribution >= 4 is 5.97 Å². The van der Waals surface area contributed by atoms with E-state index in [1.807, 2.05) is 0 Å².